The summed E-state index contributed by atoms with van der Waals surface area (Å²) in [4.78, 5) is 0.250. The third kappa shape index (κ3) is 5.50. The second kappa shape index (κ2) is 7.49. The number of benzene rings is 1. The van der Waals surface area contributed by atoms with Crippen molar-refractivity contribution >= 4 is 20.8 Å². The smallest absolute Gasteiger partial charge is 0.240 e. The van der Waals surface area contributed by atoms with Crippen LogP contribution in [0.2, 0.25) is 0 Å². The molecule has 1 aliphatic rings. The maximum Gasteiger partial charge on any atom is 0.240 e. The van der Waals surface area contributed by atoms with Crippen LogP contribution in [0.3, 0.4) is 0 Å². The molecule has 0 amide bonds. The lowest BCUT2D eigenvalue weighted by atomic mass is 10.2. The average Bonchev–Trinajstić information content (AvgIpc) is 3.29. The molecule has 1 fully saturated rings. The Bertz CT molecular complexity index is 581. The molecule has 2 N–H and O–H groups in total. The number of nitrogens with one attached hydrogen (secondary N) is 2. The minimum atomic E-state index is -3.50. The fraction of sp³-hybridized carbons (Fsp3) is 0.571. The van der Waals surface area contributed by atoms with Crippen molar-refractivity contribution in [3.63, 3.8) is 0 Å². The predicted octanol–water partition coefficient (Wildman–Crippen LogP) is 0.985. The van der Waals surface area contributed by atoms with Crippen molar-refractivity contribution in [2.45, 2.75) is 37.2 Å². The van der Waals surface area contributed by atoms with Crippen LogP contribution in [-0.4, -0.2) is 36.7 Å². The van der Waals surface area contributed by atoms with Gasteiger partial charge in [0.25, 0.3) is 0 Å². The topological polar surface area (TPSA) is 75.3 Å². The van der Waals surface area contributed by atoms with E-state index in [0.29, 0.717) is 17.5 Å². The monoisotopic (exact) mass is 330 g/mol. The lowest BCUT2D eigenvalue weighted by Crippen LogP contribution is -2.28. The molecule has 0 radical (unpaired) electrons. The quantitative estimate of drug-likeness (QED) is 0.708. The Hall–Kier alpha value is -0.760. The van der Waals surface area contributed by atoms with Crippen LogP contribution in [0.1, 0.15) is 25.3 Å². The van der Waals surface area contributed by atoms with Crippen LogP contribution in [0.25, 0.3) is 0 Å². The van der Waals surface area contributed by atoms with Crippen molar-refractivity contribution < 1.29 is 12.6 Å². The molecule has 1 aliphatic carbocycles. The maximum atomic E-state index is 12.1. The zero-order valence-corrected chi connectivity index (χ0v) is 13.8. The molecule has 1 unspecified atom stereocenters. The van der Waals surface area contributed by atoms with E-state index >= 15 is 0 Å². The Labute approximate surface area is 129 Å². The van der Waals surface area contributed by atoms with Gasteiger partial charge in [0.05, 0.1) is 4.90 Å². The number of hydrogen-bond acceptors (Lipinski definition) is 4. The molecule has 0 aliphatic heterocycles. The van der Waals surface area contributed by atoms with E-state index in [-0.39, 0.29) is 11.4 Å². The van der Waals surface area contributed by atoms with Crippen LogP contribution in [-0.2, 0) is 27.4 Å². The summed E-state index contributed by atoms with van der Waals surface area (Å²) in [5.74, 6) is 0.892. The first-order valence-corrected chi connectivity index (χ1v) is 10.2. The van der Waals surface area contributed by atoms with E-state index in [1.165, 1.54) is 12.8 Å². The highest BCUT2D eigenvalue weighted by Crippen LogP contribution is 2.19. The summed E-state index contributed by atoms with van der Waals surface area (Å²) < 4.78 is 37.9. The van der Waals surface area contributed by atoms with Crippen LogP contribution in [0.15, 0.2) is 29.2 Å². The third-order valence-electron chi connectivity index (χ3n) is 3.35. The summed E-state index contributed by atoms with van der Waals surface area (Å²) in [6.45, 7) is 2.79. The van der Waals surface area contributed by atoms with Crippen molar-refractivity contribution in [2.24, 2.45) is 0 Å². The van der Waals surface area contributed by atoms with Gasteiger partial charge in [-0.2, -0.15) is 0 Å². The van der Waals surface area contributed by atoms with Gasteiger partial charge in [0.15, 0.2) is 0 Å². The first-order chi connectivity index (χ1) is 10.0. The lowest BCUT2D eigenvalue weighted by molar-refractivity contribution is 0.584. The van der Waals surface area contributed by atoms with Gasteiger partial charge in [-0.1, -0.05) is 19.1 Å². The fourth-order valence-corrected chi connectivity index (χ4v) is 3.63. The Morgan fingerprint density at radius 1 is 1.24 bits per heavy atom. The second-order valence-electron chi connectivity index (χ2n) is 5.13. The van der Waals surface area contributed by atoms with Gasteiger partial charge in [-0.25, -0.2) is 13.1 Å². The van der Waals surface area contributed by atoms with Gasteiger partial charge in [-0.05, 0) is 30.5 Å². The summed E-state index contributed by atoms with van der Waals surface area (Å²) in [5, 5.41) is 3.39. The first-order valence-electron chi connectivity index (χ1n) is 7.18. The van der Waals surface area contributed by atoms with E-state index in [2.05, 4.69) is 10.0 Å². The minimum Gasteiger partial charge on any atom is -0.310 e. The van der Waals surface area contributed by atoms with Gasteiger partial charge < -0.3 is 5.32 Å². The van der Waals surface area contributed by atoms with Crippen molar-refractivity contribution in [2.75, 3.05) is 18.1 Å². The molecule has 0 bridgehead atoms. The van der Waals surface area contributed by atoms with Crippen molar-refractivity contribution in [1.29, 1.82) is 0 Å². The van der Waals surface area contributed by atoms with E-state index in [4.69, 9.17) is 0 Å². The summed E-state index contributed by atoms with van der Waals surface area (Å²) in [5.41, 5.74) is 1.08. The second-order valence-corrected chi connectivity index (χ2v) is 8.76. The molecule has 1 aromatic rings. The highest BCUT2D eigenvalue weighted by atomic mass is 32.2. The largest absolute Gasteiger partial charge is 0.310 e. The van der Waals surface area contributed by atoms with E-state index in [9.17, 15) is 12.6 Å². The standard InChI is InChI=1S/C14H22N2O3S2/c1-2-20(17)10-9-16-21(18,19)14-7-3-12(4-8-14)11-15-13-5-6-13/h3-4,7-8,13,15-16H,2,5-6,9-11H2,1H3. The van der Waals surface area contributed by atoms with Gasteiger partial charge >= 0.3 is 0 Å². The summed E-state index contributed by atoms with van der Waals surface area (Å²) in [6, 6.07) is 7.52. The van der Waals surface area contributed by atoms with Crippen molar-refractivity contribution in [3.8, 4) is 0 Å². The van der Waals surface area contributed by atoms with E-state index < -0.39 is 20.8 Å². The Morgan fingerprint density at radius 2 is 1.90 bits per heavy atom. The summed E-state index contributed by atoms with van der Waals surface area (Å²) in [6.07, 6.45) is 2.46. The number of rotatable bonds is 9. The highest BCUT2D eigenvalue weighted by molar-refractivity contribution is 7.89. The molecule has 21 heavy (non-hydrogen) atoms. The Morgan fingerprint density at radius 3 is 2.48 bits per heavy atom. The average molecular weight is 330 g/mol. The molecule has 2 rings (SSSR count). The molecule has 0 spiro atoms. The molecule has 0 aromatic heterocycles. The van der Waals surface area contributed by atoms with Crippen LogP contribution in [0.4, 0.5) is 0 Å². The van der Waals surface area contributed by atoms with Gasteiger partial charge in [0.1, 0.15) is 0 Å². The van der Waals surface area contributed by atoms with Crippen LogP contribution >= 0.6 is 0 Å². The molecule has 5 nitrogen and oxygen atoms in total. The molecule has 118 valence electrons. The van der Waals surface area contributed by atoms with E-state index in [1.807, 2.05) is 19.1 Å². The summed E-state index contributed by atoms with van der Waals surface area (Å²) >= 11 is 0. The molecule has 0 saturated heterocycles. The predicted molar refractivity (Wildman–Crippen MR) is 85.0 cm³/mol. The highest BCUT2D eigenvalue weighted by Gasteiger charge is 2.20. The number of sulfonamides is 1. The van der Waals surface area contributed by atoms with E-state index in [1.54, 1.807) is 12.1 Å². The number of hydrogen-bond donors (Lipinski definition) is 2. The Kier molecular flexibility index (Phi) is 5.92. The molecule has 7 heteroatoms. The normalized spacial score (nSPS) is 16.8. The molecular formula is C14H22N2O3S2. The first kappa shape index (κ1) is 16.6. The fourth-order valence-electron chi connectivity index (χ4n) is 1.85. The van der Waals surface area contributed by atoms with Crippen LogP contribution in [0, 0.1) is 0 Å². The Balaban J connectivity index is 1.87. The lowest BCUT2D eigenvalue weighted by Gasteiger charge is -2.08. The van der Waals surface area contributed by atoms with Gasteiger partial charge in [0, 0.05) is 41.4 Å². The third-order valence-corrected chi connectivity index (χ3v) is 6.13. The molecular weight excluding hydrogens is 308 g/mol. The van der Waals surface area contributed by atoms with Crippen molar-refractivity contribution in [3.05, 3.63) is 29.8 Å². The molecule has 1 atom stereocenters. The van der Waals surface area contributed by atoms with E-state index in [0.717, 1.165) is 12.1 Å². The minimum absolute atomic E-state index is 0.202. The van der Waals surface area contributed by atoms with Crippen molar-refractivity contribution in [1.82, 2.24) is 10.0 Å². The van der Waals surface area contributed by atoms with Gasteiger partial charge in [-0.15, -0.1) is 0 Å². The maximum absolute atomic E-state index is 12.1. The van der Waals surface area contributed by atoms with Gasteiger partial charge in [-0.3, -0.25) is 4.21 Å². The zero-order valence-electron chi connectivity index (χ0n) is 12.2. The molecule has 1 saturated carbocycles. The zero-order chi connectivity index (χ0) is 15.3. The molecule has 0 heterocycles. The van der Waals surface area contributed by atoms with Crippen LogP contribution < -0.4 is 10.0 Å². The SMILES string of the molecule is CCS(=O)CCNS(=O)(=O)c1ccc(CNC2CC2)cc1. The van der Waals surface area contributed by atoms with Crippen LogP contribution in [0.5, 0.6) is 0 Å². The molecule has 1 aromatic carbocycles. The van der Waals surface area contributed by atoms with Gasteiger partial charge in [0.2, 0.25) is 10.0 Å². The summed E-state index contributed by atoms with van der Waals surface area (Å²) in [7, 11) is -4.46.